The minimum Gasteiger partial charge on any atom is -0.455 e. The molecule has 0 aliphatic heterocycles. The van der Waals surface area contributed by atoms with Crippen LogP contribution in [0.25, 0.3) is 98.8 Å². The van der Waals surface area contributed by atoms with Crippen molar-refractivity contribution >= 4 is 54.3 Å². The molecule has 0 saturated heterocycles. The van der Waals surface area contributed by atoms with E-state index in [-0.39, 0.29) is 0 Å². The third kappa shape index (κ3) is 4.47. The van der Waals surface area contributed by atoms with Crippen molar-refractivity contribution in [2.45, 2.75) is 0 Å². The molecule has 1 aromatic heterocycles. The molecular formula is C48H30O. The Kier molecular flexibility index (Phi) is 6.25. The number of furan rings is 1. The van der Waals surface area contributed by atoms with E-state index in [4.69, 9.17) is 4.42 Å². The first-order chi connectivity index (χ1) is 24.3. The van der Waals surface area contributed by atoms with Crippen molar-refractivity contribution in [1.29, 1.82) is 0 Å². The SMILES string of the molecule is c1ccc(-c2ccc3c(-c4ccc5ccccc5c4)c4ccccc4c(-c4ccc(-c5cccc6c5oc5ccccc56)cc4)c3c2)cc1. The Morgan fingerprint density at radius 2 is 0.878 bits per heavy atom. The fraction of sp³-hybridized carbons (Fsp3) is 0. The summed E-state index contributed by atoms with van der Waals surface area (Å²) in [5.41, 5.74) is 11.5. The molecule has 1 heterocycles. The quantitative estimate of drug-likeness (QED) is 0.178. The average Bonchev–Trinajstić information content (AvgIpc) is 3.56. The van der Waals surface area contributed by atoms with Crippen LogP contribution < -0.4 is 0 Å². The number of hydrogen-bond donors (Lipinski definition) is 0. The summed E-state index contributed by atoms with van der Waals surface area (Å²) in [7, 11) is 0. The lowest BCUT2D eigenvalue weighted by atomic mass is 9.84. The standard InChI is InChI=1S/C48H30O/c1-2-11-31(12-3-1)36-27-28-42-44(30-36)46(40-16-6-7-17-41(40)47(42)37-26-21-32-13-4-5-14-35(32)29-37)34-24-22-33(23-25-34)38-18-10-19-43-39-15-8-9-20-45(39)49-48(38)43/h1-30H. The maximum Gasteiger partial charge on any atom is 0.143 e. The van der Waals surface area contributed by atoms with Gasteiger partial charge in [-0.1, -0.05) is 164 Å². The van der Waals surface area contributed by atoms with E-state index in [1.54, 1.807) is 0 Å². The Morgan fingerprint density at radius 3 is 1.69 bits per heavy atom. The maximum atomic E-state index is 6.41. The first-order valence-electron chi connectivity index (χ1n) is 16.8. The van der Waals surface area contributed by atoms with Gasteiger partial charge in [-0.25, -0.2) is 0 Å². The van der Waals surface area contributed by atoms with Crippen molar-refractivity contribution in [3.8, 4) is 44.5 Å². The van der Waals surface area contributed by atoms with Gasteiger partial charge in [-0.2, -0.15) is 0 Å². The molecule has 0 bridgehead atoms. The Balaban J connectivity index is 1.22. The van der Waals surface area contributed by atoms with E-state index in [1.165, 1.54) is 65.7 Å². The summed E-state index contributed by atoms with van der Waals surface area (Å²) in [6, 6.07) is 65.9. The molecule has 0 fully saturated rings. The van der Waals surface area contributed by atoms with Crippen molar-refractivity contribution in [2.75, 3.05) is 0 Å². The molecule has 10 rings (SSSR count). The molecule has 1 heteroatoms. The summed E-state index contributed by atoms with van der Waals surface area (Å²) in [6.45, 7) is 0. The molecule has 0 radical (unpaired) electrons. The minimum absolute atomic E-state index is 0.917. The van der Waals surface area contributed by atoms with E-state index in [2.05, 4.69) is 170 Å². The van der Waals surface area contributed by atoms with Crippen LogP contribution in [-0.2, 0) is 0 Å². The van der Waals surface area contributed by atoms with Gasteiger partial charge in [0.2, 0.25) is 0 Å². The number of hydrogen-bond acceptors (Lipinski definition) is 1. The lowest BCUT2D eigenvalue weighted by Gasteiger charge is -2.19. The van der Waals surface area contributed by atoms with E-state index in [1.807, 2.05) is 12.1 Å². The zero-order chi connectivity index (χ0) is 32.3. The molecule has 0 saturated carbocycles. The van der Waals surface area contributed by atoms with Crippen LogP contribution in [0.1, 0.15) is 0 Å². The van der Waals surface area contributed by atoms with Crippen LogP contribution in [0.5, 0.6) is 0 Å². The van der Waals surface area contributed by atoms with Crippen molar-refractivity contribution in [1.82, 2.24) is 0 Å². The Hall–Kier alpha value is -6.44. The minimum atomic E-state index is 0.917. The molecule has 0 unspecified atom stereocenters. The van der Waals surface area contributed by atoms with Crippen molar-refractivity contribution < 1.29 is 4.42 Å². The molecule has 0 spiro atoms. The monoisotopic (exact) mass is 622 g/mol. The number of rotatable bonds is 4. The van der Waals surface area contributed by atoms with Gasteiger partial charge in [0.1, 0.15) is 11.2 Å². The zero-order valence-electron chi connectivity index (χ0n) is 26.7. The first kappa shape index (κ1) is 27.7. The van der Waals surface area contributed by atoms with E-state index >= 15 is 0 Å². The average molecular weight is 623 g/mol. The second-order valence-corrected chi connectivity index (χ2v) is 12.8. The van der Waals surface area contributed by atoms with Crippen molar-refractivity contribution in [3.63, 3.8) is 0 Å². The third-order valence-electron chi connectivity index (χ3n) is 10.1. The highest BCUT2D eigenvalue weighted by atomic mass is 16.3. The Morgan fingerprint density at radius 1 is 0.286 bits per heavy atom. The molecule has 228 valence electrons. The topological polar surface area (TPSA) is 13.1 Å². The van der Waals surface area contributed by atoms with Crippen molar-refractivity contribution in [3.05, 3.63) is 182 Å². The van der Waals surface area contributed by atoms with Gasteiger partial charge in [0.15, 0.2) is 0 Å². The van der Waals surface area contributed by atoms with Gasteiger partial charge >= 0.3 is 0 Å². The number of benzene rings is 9. The van der Waals surface area contributed by atoms with Gasteiger partial charge in [-0.05, 0) is 89.5 Å². The van der Waals surface area contributed by atoms with Gasteiger partial charge in [-0.3, -0.25) is 0 Å². The molecule has 0 N–H and O–H groups in total. The molecule has 0 atom stereocenters. The first-order valence-corrected chi connectivity index (χ1v) is 16.8. The molecule has 10 aromatic rings. The summed E-state index contributed by atoms with van der Waals surface area (Å²) >= 11 is 0. The van der Waals surface area contributed by atoms with E-state index in [0.29, 0.717) is 0 Å². The summed E-state index contributed by atoms with van der Waals surface area (Å²) in [5, 5.41) is 9.79. The molecule has 0 aliphatic carbocycles. The number of para-hydroxylation sites is 2. The highest BCUT2D eigenvalue weighted by molar-refractivity contribution is 6.22. The van der Waals surface area contributed by atoms with Crippen LogP contribution in [0.2, 0.25) is 0 Å². The van der Waals surface area contributed by atoms with Crippen LogP contribution >= 0.6 is 0 Å². The van der Waals surface area contributed by atoms with Crippen LogP contribution in [0, 0.1) is 0 Å². The highest BCUT2D eigenvalue weighted by Crippen LogP contribution is 2.46. The van der Waals surface area contributed by atoms with Gasteiger partial charge in [0, 0.05) is 16.3 Å². The second-order valence-electron chi connectivity index (χ2n) is 12.8. The molecule has 0 amide bonds. The fourth-order valence-electron chi connectivity index (χ4n) is 7.75. The van der Waals surface area contributed by atoms with E-state index in [9.17, 15) is 0 Å². The van der Waals surface area contributed by atoms with Gasteiger partial charge in [-0.15, -0.1) is 0 Å². The van der Waals surface area contributed by atoms with Crippen LogP contribution in [0.3, 0.4) is 0 Å². The van der Waals surface area contributed by atoms with Crippen molar-refractivity contribution in [2.24, 2.45) is 0 Å². The summed E-state index contributed by atoms with van der Waals surface area (Å²) in [5.74, 6) is 0. The van der Waals surface area contributed by atoms with Gasteiger partial charge in [0.05, 0.1) is 0 Å². The predicted octanol–water partition coefficient (Wildman–Crippen LogP) is 13.7. The molecule has 1 nitrogen and oxygen atoms in total. The largest absolute Gasteiger partial charge is 0.455 e. The second kappa shape index (κ2) is 11.1. The van der Waals surface area contributed by atoms with E-state index in [0.717, 1.165) is 33.1 Å². The molecule has 49 heavy (non-hydrogen) atoms. The Labute approximate surface area is 284 Å². The zero-order valence-corrected chi connectivity index (χ0v) is 26.7. The smallest absolute Gasteiger partial charge is 0.143 e. The lowest BCUT2D eigenvalue weighted by molar-refractivity contribution is 0.670. The van der Waals surface area contributed by atoms with Crippen LogP contribution in [0.4, 0.5) is 0 Å². The summed E-state index contributed by atoms with van der Waals surface area (Å²) in [6.07, 6.45) is 0. The van der Waals surface area contributed by atoms with Gasteiger partial charge < -0.3 is 4.42 Å². The predicted molar refractivity (Wildman–Crippen MR) is 208 cm³/mol. The van der Waals surface area contributed by atoms with E-state index < -0.39 is 0 Å². The highest BCUT2D eigenvalue weighted by Gasteiger charge is 2.19. The number of fused-ring (bicyclic) bond motifs is 6. The maximum absolute atomic E-state index is 6.41. The Bertz CT molecular complexity index is 2860. The van der Waals surface area contributed by atoms with Crippen LogP contribution in [-0.4, -0.2) is 0 Å². The summed E-state index contributed by atoms with van der Waals surface area (Å²) < 4.78 is 6.41. The molecule has 0 aliphatic rings. The van der Waals surface area contributed by atoms with Gasteiger partial charge in [0.25, 0.3) is 0 Å². The normalized spacial score (nSPS) is 11.7. The van der Waals surface area contributed by atoms with Crippen LogP contribution in [0.15, 0.2) is 186 Å². The molecular weight excluding hydrogens is 593 g/mol. The fourth-order valence-corrected chi connectivity index (χ4v) is 7.75. The lowest BCUT2D eigenvalue weighted by Crippen LogP contribution is -1.92. The summed E-state index contributed by atoms with van der Waals surface area (Å²) in [4.78, 5) is 0. The molecule has 9 aromatic carbocycles. The third-order valence-corrected chi connectivity index (χ3v) is 10.1.